The number of hydrogen-bond acceptors (Lipinski definition) is 5. The zero-order valence-corrected chi connectivity index (χ0v) is 16.1. The highest BCUT2D eigenvalue weighted by atomic mass is 35.5. The third kappa shape index (κ3) is 4.09. The number of Topliss-reactive ketones (excluding diaryl/α,β-unsaturated/α-hetero) is 1. The Balaban J connectivity index is 1.74. The van der Waals surface area contributed by atoms with Crippen molar-refractivity contribution in [3.8, 4) is 17.1 Å². The maximum atomic E-state index is 12.2. The Morgan fingerprint density at radius 1 is 1.15 bits per heavy atom. The van der Waals surface area contributed by atoms with Gasteiger partial charge in [-0.3, -0.25) is 4.79 Å². The van der Waals surface area contributed by atoms with Crippen LogP contribution >= 0.6 is 11.6 Å². The lowest BCUT2D eigenvalue weighted by Crippen LogP contribution is -2.05. The first kappa shape index (κ1) is 18.9. The maximum Gasteiger partial charge on any atom is 0.264 e. The standard InChI is InChI=1S/C21H19ClN2O3/c1-12(2)20(25)17-9-10-18(14(4)13(17)3)26-11-19-23-21(24-27-19)15-5-7-16(22)8-6-15/h5-10H,1,11H2,2-4H3. The number of benzene rings is 2. The molecular weight excluding hydrogens is 364 g/mol. The third-order valence-corrected chi connectivity index (χ3v) is 4.54. The SMILES string of the molecule is C=C(C)C(=O)c1ccc(OCc2nc(-c3ccc(Cl)cc3)no2)c(C)c1C. The summed E-state index contributed by atoms with van der Waals surface area (Å²) >= 11 is 5.89. The van der Waals surface area contributed by atoms with Gasteiger partial charge < -0.3 is 9.26 Å². The van der Waals surface area contributed by atoms with Crippen LogP contribution < -0.4 is 4.74 Å². The summed E-state index contributed by atoms with van der Waals surface area (Å²) in [6.07, 6.45) is 0. The number of carbonyl (C=O) groups is 1. The first-order chi connectivity index (χ1) is 12.9. The van der Waals surface area contributed by atoms with Crippen molar-refractivity contribution in [1.29, 1.82) is 0 Å². The first-order valence-electron chi connectivity index (χ1n) is 8.38. The Kier molecular flexibility index (Phi) is 5.42. The summed E-state index contributed by atoms with van der Waals surface area (Å²) < 4.78 is 11.1. The fourth-order valence-electron chi connectivity index (χ4n) is 2.60. The lowest BCUT2D eigenvalue weighted by atomic mass is 9.96. The molecule has 3 aromatic rings. The van der Waals surface area contributed by atoms with Crippen LogP contribution in [0.1, 0.15) is 34.3 Å². The molecule has 3 rings (SSSR count). The third-order valence-electron chi connectivity index (χ3n) is 4.29. The van der Waals surface area contributed by atoms with Crippen molar-refractivity contribution >= 4 is 17.4 Å². The molecule has 0 aliphatic rings. The molecule has 2 aromatic carbocycles. The van der Waals surface area contributed by atoms with Crippen molar-refractivity contribution in [2.24, 2.45) is 0 Å². The molecular formula is C21H19ClN2O3. The minimum Gasteiger partial charge on any atom is -0.483 e. The van der Waals surface area contributed by atoms with Gasteiger partial charge in [0.2, 0.25) is 5.82 Å². The van der Waals surface area contributed by atoms with E-state index in [-0.39, 0.29) is 12.4 Å². The molecule has 0 aliphatic heterocycles. The summed E-state index contributed by atoms with van der Waals surface area (Å²) in [5.41, 5.74) is 3.71. The fourth-order valence-corrected chi connectivity index (χ4v) is 2.72. The average molecular weight is 383 g/mol. The fraction of sp³-hybridized carbons (Fsp3) is 0.190. The predicted molar refractivity (Wildman–Crippen MR) is 104 cm³/mol. The van der Waals surface area contributed by atoms with Crippen LogP contribution in [0.2, 0.25) is 5.02 Å². The molecule has 138 valence electrons. The molecule has 5 nitrogen and oxygen atoms in total. The summed E-state index contributed by atoms with van der Waals surface area (Å²) in [6, 6.07) is 10.7. The number of ether oxygens (including phenoxy) is 1. The molecule has 6 heteroatoms. The number of hydrogen-bond donors (Lipinski definition) is 0. The number of allylic oxidation sites excluding steroid dienone is 1. The molecule has 0 unspecified atom stereocenters. The van der Waals surface area contributed by atoms with Gasteiger partial charge in [-0.2, -0.15) is 4.98 Å². The lowest BCUT2D eigenvalue weighted by Gasteiger charge is -2.13. The van der Waals surface area contributed by atoms with Crippen molar-refractivity contribution in [3.05, 3.63) is 76.2 Å². The Labute approximate surface area is 162 Å². The molecule has 1 aromatic heterocycles. The molecule has 0 bridgehead atoms. The van der Waals surface area contributed by atoms with Crippen LogP contribution in [0, 0.1) is 13.8 Å². The van der Waals surface area contributed by atoms with E-state index in [0.717, 1.165) is 16.7 Å². The van der Waals surface area contributed by atoms with E-state index in [9.17, 15) is 4.79 Å². The number of nitrogens with zero attached hydrogens (tertiary/aromatic N) is 2. The molecule has 1 heterocycles. The minimum absolute atomic E-state index is 0.0633. The largest absolute Gasteiger partial charge is 0.483 e. The Morgan fingerprint density at radius 2 is 1.85 bits per heavy atom. The second kappa shape index (κ2) is 7.76. The predicted octanol–water partition coefficient (Wildman–Crippen LogP) is 5.34. The number of ketones is 1. The summed E-state index contributed by atoms with van der Waals surface area (Å²) in [6.45, 7) is 9.36. The highest BCUT2D eigenvalue weighted by molar-refractivity contribution is 6.30. The van der Waals surface area contributed by atoms with Gasteiger partial charge in [0.1, 0.15) is 5.75 Å². The molecule has 0 saturated carbocycles. The van der Waals surface area contributed by atoms with Gasteiger partial charge in [-0.05, 0) is 73.9 Å². The van der Waals surface area contributed by atoms with Crippen molar-refractivity contribution in [2.45, 2.75) is 27.4 Å². The van der Waals surface area contributed by atoms with Crippen LogP contribution in [-0.4, -0.2) is 15.9 Å². The zero-order chi connectivity index (χ0) is 19.6. The van der Waals surface area contributed by atoms with Crippen molar-refractivity contribution in [3.63, 3.8) is 0 Å². The van der Waals surface area contributed by atoms with Gasteiger partial charge in [0.15, 0.2) is 12.4 Å². The molecule has 0 radical (unpaired) electrons. The van der Waals surface area contributed by atoms with E-state index < -0.39 is 0 Å². The van der Waals surface area contributed by atoms with E-state index in [1.807, 2.05) is 26.0 Å². The van der Waals surface area contributed by atoms with Crippen LogP contribution in [0.4, 0.5) is 0 Å². The van der Waals surface area contributed by atoms with Crippen LogP contribution in [-0.2, 0) is 6.61 Å². The van der Waals surface area contributed by atoms with E-state index in [1.54, 1.807) is 31.2 Å². The van der Waals surface area contributed by atoms with Gasteiger partial charge in [0.25, 0.3) is 5.89 Å². The maximum absolute atomic E-state index is 12.2. The molecule has 0 N–H and O–H groups in total. The quantitative estimate of drug-likeness (QED) is 0.425. The van der Waals surface area contributed by atoms with Crippen LogP contribution in [0.5, 0.6) is 5.75 Å². The van der Waals surface area contributed by atoms with Gasteiger partial charge in [-0.1, -0.05) is 23.3 Å². The second-order valence-electron chi connectivity index (χ2n) is 6.28. The summed E-state index contributed by atoms with van der Waals surface area (Å²) in [5, 5.41) is 4.61. The van der Waals surface area contributed by atoms with Gasteiger partial charge in [0.05, 0.1) is 0 Å². The Bertz CT molecular complexity index is 1010. The topological polar surface area (TPSA) is 65.2 Å². The summed E-state index contributed by atoms with van der Waals surface area (Å²) in [5.74, 6) is 1.43. The van der Waals surface area contributed by atoms with Gasteiger partial charge in [0, 0.05) is 16.1 Å². The lowest BCUT2D eigenvalue weighted by molar-refractivity contribution is 0.103. The van der Waals surface area contributed by atoms with E-state index >= 15 is 0 Å². The number of rotatable bonds is 6. The van der Waals surface area contributed by atoms with Crippen LogP contribution in [0.3, 0.4) is 0 Å². The molecule has 0 atom stereocenters. The van der Waals surface area contributed by atoms with E-state index in [2.05, 4.69) is 16.7 Å². The smallest absolute Gasteiger partial charge is 0.264 e. The van der Waals surface area contributed by atoms with Crippen molar-refractivity contribution in [2.75, 3.05) is 0 Å². The highest BCUT2D eigenvalue weighted by Gasteiger charge is 2.15. The normalized spacial score (nSPS) is 10.7. The van der Waals surface area contributed by atoms with E-state index in [4.69, 9.17) is 20.9 Å². The number of halogens is 1. The Hall–Kier alpha value is -2.92. The van der Waals surface area contributed by atoms with Gasteiger partial charge >= 0.3 is 0 Å². The van der Waals surface area contributed by atoms with Crippen LogP contribution in [0.15, 0.2) is 53.1 Å². The summed E-state index contributed by atoms with van der Waals surface area (Å²) in [7, 11) is 0. The molecule has 0 fully saturated rings. The zero-order valence-electron chi connectivity index (χ0n) is 15.4. The molecule has 0 amide bonds. The number of carbonyl (C=O) groups excluding carboxylic acids is 1. The van der Waals surface area contributed by atoms with Crippen molar-refractivity contribution < 1.29 is 14.1 Å². The monoisotopic (exact) mass is 382 g/mol. The second-order valence-corrected chi connectivity index (χ2v) is 6.71. The van der Waals surface area contributed by atoms with Crippen molar-refractivity contribution in [1.82, 2.24) is 10.1 Å². The average Bonchev–Trinajstić information content (AvgIpc) is 3.12. The highest BCUT2D eigenvalue weighted by Crippen LogP contribution is 2.26. The molecule has 0 spiro atoms. The van der Waals surface area contributed by atoms with Gasteiger partial charge in [-0.15, -0.1) is 0 Å². The Morgan fingerprint density at radius 3 is 2.52 bits per heavy atom. The summed E-state index contributed by atoms with van der Waals surface area (Å²) in [4.78, 5) is 16.5. The first-order valence-corrected chi connectivity index (χ1v) is 8.76. The molecule has 27 heavy (non-hydrogen) atoms. The van der Waals surface area contributed by atoms with E-state index in [0.29, 0.717) is 33.6 Å². The van der Waals surface area contributed by atoms with Gasteiger partial charge in [-0.25, -0.2) is 0 Å². The molecule has 0 saturated heterocycles. The van der Waals surface area contributed by atoms with E-state index in [1.165, 1.54) is 0 Å². The number of aromatic nitrogens is 2. The molecule has 0 aliphatic carbocycles. The minimum atomic E-state index is -0.0633. The van der Waals surface area contributed by atoms with Crippen LogP contribution in [0.25, 0.3) is 11.4 Å².